The molecule has 29 heavy (non-hydrogen) atoms. The van der Waals surface area contributed by atoms with Crippen LogP contribution in [0.25, 0.3) is 10.8 Å². The summed E-state index contributed by atoms with van der Waals surface area (Å²) in [7, 11) is 0. The van der Waals surface area contributed by atoms with E-state index in [0.717, 1.165) is 0 Å². The van der Waals surface area contributed by atoms with Crippen LogP contribution in [0.2, 0.25) is 0 Å². The molecular weight excluding hydrogens is 394 g/mol. The van der Waals surface area contributed by atoms with Gasteiger partial charge in [-0.3, -0.25) is 5.32 Å². The Morgan fingerprint density at radius 1 is 0.586 bits per heavy atom. The van der Waals surface area contributed by atoms with Crippen molar-refractivity contribution in [2.45, 2.75) is 0 Å². The molecule has 9 N–H and O–H groups in total. The number of amides is 4. The molecule has 0 aliphatic carbocycles. The third-order valence-corrected chi connectivity index (χ3v) is 3.32. The van der Waals surface area contributed by atoms with Crippen LogP contribution in [-0.4, -0.2) is 56.4 Å². The molecular formula is C16H13N3O10. The van der Waals surface area contributed by atoms with Crippen molar-refractivity contribution in [3.05, 3.63) is 46.5 Å². The van der Waals surface area contributed by atoms with Gasteiger partial charge in [0.2, 0.25) is 0 Å². The van der Waals surface area contributed by atoms with Gasteiger partial charge in [-0.15, -0.1) is 0 Å². The summed E-state index contributed by atoms with van der Waals surface area (Å²) < 4.78 is 0. The summed E-state index contributed by atoms with van der Waals surface area (Å²) in [6, 6.07) is 3.37. The smallest absolute Gasteiger partial charge is 0.337 e. The Hall–Kier alpha value is -4.68. The second kappa shape index (κ2) is 8.81. The second-order valence-corrected chi connectivity index (χ2v) is 5.12. The minimum atomic E-state index is -1.83. The second-order valence-electron chi connectivity index (χ2n) is 5.12. The molecule has 2 aromatic carbocycles. The number of benzene rings is 2. The highest BCUT2D eigenvalue weighted by atomic mass is 16.4. The Labute approximate surface area is 160 Å². The molecule has 0 saturated carbocycles. The van der Waals surface area contributed by atoms with Gasteiger partial charge in [-0.1, -0.05) is 24.3 Å². The molecule has 0 heterocycles. The molecule has 0 radical (unpaired) electrons. The summed E-state index contributed by atoms with van der Waals surface area (Å²) in [5, 5.41) is 38.1. The number of carboxylic acids is 4. The van der Waals surface area contributed by atoms with Gasteiger partial charge in [0.05, 0.1) is 22.3 Å². The Balaban J connectivity index is 0.000000516. The number of urea groups is 2. The molecule has 0 aliphatic rings. The summed E-state index contributed by atoms with van der Waals surface area (Å²) in [5.74, 6) is -6.98. The van der Waals surface area contributed by atoms with Crippen LogP contribution in [0, 0.1) is 0 Å². The molecule has 0 aromatic heterocycles. The maximum Gasteiger partial charge on any atom is 0.337 e. The first-order chi connectivity index (χ1) is 13.4. The molecule has 2 rings (SSSR count). The zero-order valence-corrected chi connectivity index (χ0v) is 14.2. The minimum Gasteiger partial charge on any atom is -0.478 e. The molecule has 0 spiro atoms. The van der Waals surface area contributed by atoms with Crippen molar-refractivity contribution in [3.8, 4) is 0 Å². The highest BCUT2D eigenvalue weighted by molar-refractivity contribution is 6.23. The molecule has 13 nitrogen and oxygen atoms in total. The van der Waals surface area contributed by atoms with Crippen LogP contribution < -0.4 is 16.8 Å². The van der Waals surface area contributed by atoms with Crippen molar-refractivity contribution in [1.82, 2.24) is 5.32 Å². The Morgan fingerprint density at radius 2 is 0.862 bits per heavy atom. The van der Waals surface area contributed by atoms with Gasteiger partial charge in [-0.2, -0.15) is 0 Å². The van der Waals surface area contributed by atoms with Gasteiger partial charge in [0.1, 0.15) is 0 Å². The molecule has 0 aliphatic heterocycles. The van der Waals surface area contributed by atoms with Crippen LogP contribution in [0.3, 0.4) is 0 Å². The van der Waals surface area contributed by atoms with Crippen LogP contribution in [0.5, 0.6) is 0 Å². The van der Waals surface area contributed by atoms with Crippen LogP contribution >= 0.6 is 0 Å². The first kappa shape index (κ1) is 22.4. The lowest BCUT2D eigenvalue weighted by Crippen LogP contribution is -2.38. The molecule has 152 valence electrons. The fourth-order valence-corrected chi connectivity index (χ4v) is 2.43. The van der Waals surface area contributed by atoms with Crippen LogP contribution in [-0.2, 0) is 0 Å². The third-order valence-electron chi connectivity index (χ3n) is 3.32. The van der Waals surface area contributed by atoms with Crippen molar-refractivity contribution >= 4 is 46.7 Å². The van der Waals surface area contributed by atoms with Crippen molar-refractivity contribution < 1.29 is 49.2 Å². The zero-order chi connectivity index (χ0) is 22.5. The molecule has 0 saturated heterocycles. The highest BCUT2D eigenvalue weighted by Crippen LogP contribution is 2.31. The minimum absolute atomic E-state index is 0.158. The summed E-state index contributed by atoms with van der Waals surface area (Å²) in [6.07, 6.45) is 0. The number of nitrogens with one attached hydrogen (secondary N) is 1. The Morgan fingerprint density at radius 3 is 1.03 bits per heavy atom. The van der Waals surface area contributed by atoms with Gasteiger partial charge < -0.3 is 31.9 Å². The van der Waals surface area contributed by atoms with Gasteiger partial charge in [-0.25, -0.2) is 28.8 Å². The summed E-state index contributed by atoms with van der Waals surface area (Å²) >= 11 is 0. The molecule has 0 fully saturated rings. The number of nitrogens with two attached hydrogens (primary N) is 2. The maximum absolute atomic E-state index is 11.4. The normalized spacial score (nSPS) is 9.66. The number of fused-ring (bicyclic) bond motifs is 1. The zero-order valence-electron chi connectivity index (χ0n) is 14.2. The molecule has 2 aromatic rings. The van der Waals surface area contributed by atoms with E-state index in [1.165, 1.54) is 24.3 Å². The van der Waals surface area contributed by atoms with Crippen molar-refractivity contribution in [2.75, 3.05) is 0 Å². The van der Waals surface area contributed by atoms with Gasteiger partial charge in [0.15, 0.2) is 0 Å². The first-order valence-electron chi connectivity index (χ1n) is 7.27. The summed E-state index contributed by atoms with van der Waals surface area (Å²) in [4.78, 5) is 64.7. The van der Waals surface area contributed by atoms with Crippen molar-refractivity contribution in [3.63, 3.8) is 0 Å². The topological polar surface area (TPSA) is 247 Å². The maximum atomic E-state index is 11.4. The fraction of sp³-hybridized carbons (Fsp3) is 0. The monoisotopic (exact) mass is 407 g/mol. The van der Waals surface area contributed by atoms with Gasteiger partial charge in [-0.05, 0) is 10.8 Å². The molecule has 4 amide bonds. The Kier molecular flexibility index (Phi) is 6.79. The lowest BCUT2D eigenvalue weighted by Gasteiger charge is -2.14. The van der Waals surface area contributed by atoms with E-state index in [-0.39, 0.29) is 10.8 Å². The lowest BCUT2D eigenvalue weighted by atomic mass is 9.88. The van der Waals surface area contributed by atoms with E-state index in [9.17, 15) is 49.2 Å². The van der Waals surface area contributed by atoms with Crippen LogP contribution in [0.4, 0.5) is 9.59 Å². The first-order valence-corrected chi connectivity index (χ1v) is 7.27. The van der Waals surface area contributed by atoms with Gasteiger partial charge >= 0.3 is 35.9 Å². The number of carbonyl (C=O) groups is 6. The standard InChI is InChI=1S/C14H8O8.C2H5N3O2/c15-11(16)7-5-3-1-2-4-6(5)8(12(17)18)10(14(21)22)9(7)13(19)20;3-1(6)5-2(4)7/h1-4H,(H,15,16)(H,17,18)(H,19,20)(H,21,22);(H5,3,4,5,6,7). The predicted octanol–water partition coefficient (Wildman–Crippen LogP) is 0.366. The van der Waals surface area contributed by atoms with E-state index in [2.05, 4.69) is 11.5 Å². The van der Waals surface area contributed by atoms with E-state index in [4.69, 9.17) is 0 Å². The van der Waals surface area contributed by atoms with E-state index < -0.39 is 58.2 Å². The summed E-state index contributed by atoms with van der Waals surface area (Å²) in [5.41, 5.74) is 5.25. The average Bonchev–Trinajstić information content (AvgIpc) is 2.57. The molecule has 0 bridgehead atoms. The SMILES string of the molecule is NC(=O)NC(N)=O.O=C(O)c1c(C(=O)O)c(C(=O)O)c2ccccc2c1C(=O)O. The van der Waals surface area contributed by atoms with Crippen LogP contribution in [0.1, 0.15) is 41.4 Å². The quantitative estimate of drug-likeness (QED) is 0.366. The number of rotatable bonds is 4. The third kappa shape index (κ3) is 4.94. The summed E-state index contributed by atoms with van der Waals surface area (Å²) in [6.45, 7) is 0. The number of hydrogen-bond donors (Lipinski definition) is 7. The van der Waals surface area contributed by atoms with E-state index in [1.807, 2.05) is 0 Å². The number of primary amides is 2. The lowest BCUT2D eigenvalue weighted by molar-refractivity contribution is 0.0621. The van der Waals surface area contributed by atoms with Crippen LogP contribution in [0.15, 0.2) is 24.3 Å². The van der Waals surface area contributed by atoms with E-state index in [0.29, 0.717) is 0 Å². The highest BCUT2D eigenvalue weighted by Gasteiger charge is 2.32. The van der Waals surface area contributed by atoms with E-state index >= 15 is 0 Å². The Bertz CT molecular complexity index is 978. The number of hydrogen-bond acceptors (Lipinski definition) is 6. The molecule has 0 unspecified atom stereocenters. The fourth-order valence-electron chi connectivity index (χ4n) is 2.43. The number of aromatic carboxylic acids is 4. The number of carboxylic acid groups (broad SMARTS) is 4. The van der Waals surface area contributed by atoms with Crippen molar-refractivity contribution in [2.24, 2.45) is 11.5 Å². The number of carbonyl (C=O) groups excluding carboxylic acids is 2. The van der Waals surface area contributed by atoms with Gasteiger partial charge in [0.25, 0.3) is 0 Å². The van der Waals surface area contributed by atoms with Gasteiger partial charge in [0, 0.05) is 0 Å². The predicted molar refractivity (Wildman–Crippen MR) is 94.1 cm³/mol. The molecule has 0 atom stereocenters. The molecule has 13 heteroatoms. The number of imide groups is 1. The van der Waals surface area contributed by atoms with E-state index in [1.54, 1.807) is 5.32 Å². The average molecular weight is 407 g/mol. The largest absolute Gasteiger partial charge is 0.478 e. The van der Waals surface area contributed by atoms with Crippen molar-refractivity contribution in [1.29, 1.82) is 0 Å².